The van der Waals surface area contributed by atoms with Crippen LogP contribution in [0.5, 0.6) is 5.75 Å². The van der Waals surface area contributed by atoms with Crippen molar-refractivity contribution in [1.82, 2.24) is 9.97 Å². The molecule has 2 aromatic carbocycles. The fraction of sp³-hybridized carbons (Fsp3) is 0.115. The molecule has 1 aliphatic rings. The SMILES string of the molecule is COc1ccc(C)cc1/C(O)=C1\C(=O)C(=O)N(c2nc3ccc(C(=O)O)cc3s2)C1c1cccnc1. The van der Waals surface area contributed by atoms with Crippen LogP contribution in [0.1, 0.15) is 33.1 Å². The Morgan fingerprint density at radius 1 is 1.11 bits per heavy atom. The number of methoxy groups -OCH3 is 1. The molecule has 36 heavy (non-hydrogen) atoms. The smallest absolute Gasteiger partial charge is 0.335 e. The van der Waals surface area contributed by atoms with Gasteiger partial charge in [0.2, 0.25) is 0 Å². The molecule has 3 heterocycles. The summed E-state index contributed by atoms with van der Waals surface area (Å²) in [6.45, 7) is 1.83. The van der Waals surface area contributed by atoms with E-state index in [0.29, 0.717) is 21.5 Å². The number of fused-ring (bicyclic) bond motifs is 1. The summed E-state index contributed by atoms with van der Waals surface area (Å²) in [6, 6.07) is 11.9. The molecule has 1 atom stereocenters. The van der Waals surface area contributed by atoms with Crippen molar-refractivity contribution in [2.45, 2.75) is 13.0 Å². The second-order valence-electron chi connectivity index (χ2n) is 8.14. The van der Waals surface area contributed by atoms with E-state index < -0.39 is 23.7 Å². The van der Waals surface area contributed by atoms with E-state index in [2.05, 4.69) is 9.97 Å². The normalized spacial score (nSPS) is 17.1. The van der Waals surface area contributed by atoms with Crippen molar-refractivity contribution in [3.63, 3.8) is 0 Å². The summed E-state index contributed by atoms with van der Waals surface area (Å²) < 4.78 is 5.93. The van der Waals surface area contributed by atoms with Gasteiger partial charge in [0.25, 0.3) is 5.78 Å². The second-order valence-corrected chi connectivity index (χ2v) is 9.15. The number of aromatic nitrogens is 2. The highest BCUT2D eigenvalue weighted by atomic mass is 32.1. The summed E-state index contributed by atoms with van der Waals surface area (Å²) in [5.41, 5.74) is 2.03. The first-order valence-electron chi connectivity index (χ1n) is 10.8. The molecule has 0 radical (unpaired) electrons. The molecule has 180 valence electrons. The van der Waals surface area contributed by atoms with Crippen molar-refractivity contribution < 1.29 is 29.3 Å². The Bertz CT molecular complexity index is 1580. The van der Waals surface area contributed by atoms with Crippen LogP contribution in [0.2, 0.25) is 0 Å². The highest BCUT2D eigenvalue weighted by Gasteiger charge is 2.48. The molecule has 1 saturated heterocycles. The van der Waals surface area contributed by atoms with Crippen LogP contribution in [0.3, 0.4) is 0 Å². The van der Waals surface area contributed by atoms with E-state index in [1.54, 1.807) is 42.6 Å². The molecule has 0 spiro atoms. The summed E-state index contributed by atoms with van der Waals surface area (Å²) in [5.74, 6) is -2.87. The lowest BCUT2D eigenvalue weighted by molar-refractivity contribution is -0.132. The number of carbonyl (C=O) groups is 3. The number of Topliss-reactive ketones (excluding diaryl/α,β-unsaturated/α-hetero) is 1. The molecule has 1 aliphatic heterocycles. The summed E-state index contributed by atoms with van der Waals surface area (Å²) in [7, 11) is 1.45. The van der Waals surface area contributed by atoms with Gasteiger partial charge in [-0.2, -0.15) is 0 Å². The van der Waals surface area contributed by atoms with Gasteiger partial charge in [-0.05, 0) is 48.9 Å². The van der Waals surface area contributed by atoms with Crippen LogP contribution in [-0.2, 0) is 9.59 Å². The van der Waals surface area contributed by atoms with Crippen molar-refractivity contribution in [1.29, 1.82) is 0 Å². The van der Waals surface area contributed by atoms with Crippen LogP contribution in [-0.4, -0.2) is 45.0 Å². The number of anilines is 1. The largest absolute Gasteiger partial charge is 0.507 e. The summed E-state index contributed by atoms with van der Waals surface area (Å²) in [5, 5.41) is 20.9. The summed E-state index contributed by atoms with van der Waals surface area (Å²) in [6.07, 6.45) is 3.07. The number of hydrogen-bond acceptors (Lipinski definition) is 8. The number of rotatable bonds is 5. The van der Waals surface area contributed by atoms with Crippen LogP contribution in [0.15, 0.2) is 66.5 Å². The number of carboxylic acids is 1. The Morgan fingerprint density at radius 3 is 2.61 bits per heavy atom. The van der Waals surface area contributed by atoms with Crippen molar-refractivity contribution in [2.24, 2.45) is 0 Å². The van der Waals surface area contributed by atoms with Crippen molar-refractivity contribution in [3.05, 3.63) is 88.8 Å². The van der Waals surface area contributed by atoms with E-state index in [0.717, 1.165) is 16.9 Å². The Labute approximate surface area is 208 Å². The van der Waals surface area contributed by atoms with Gasteiger partial charge in [0.05, 0.1) is 40.1 Å². The maximum Gasteiger partial charge on any atom is 0.335 e. The Kier molecular flexibility index (Phi) is 5.73. The van der Waals surface area contributed by atoms with Crippen molar-refractivity contribution >= 4 is 50.1 Å². The number of carboxylic acid groups (broad SMARTS) is 1. The average molecular weight is 502 g/mol. The molecule has 2 N–H and O–H groups in total. The van der Waals surface area contributed by atoms with Gasteiger partial charge < -0.3 is 14.9 Å². The fourth-order valence-corrected chi connectivity index (χ4v) is 5.21. The number of pyridine rings is 1. The third kappa shape index (κ3) is 3.77. The number of nitrogens with zero attached hydrogens (tertiary/aromatic N) is 3. The maximum absolute atomic E-state index is 13.4. The predicted molar refractivity (Wildman–Crippen MR) is 133 cm³/mol. The zero-order chi connectivity index (χ0) is 25.6. The average Bonchev–Trinajstić information content (AvgIpc) is 3.41. The van der Waals surface area contributed by atoms with Crippen LogP contribution in [0, 0.1) is 6.92 Å². The summed E-state index contributed by atoms with van der Waals surface area (Å²) in [4.78, 5) is 48.0. The molecule has 9 nitrogen and oxygen atoms in total. The Hall–Kier alpha value is -4.57. The highest BCUT2D eigenvalue weighted by Crippen LogP contribution is 2.45. The number of aryl methyl sites for hydroxylation is 1. The molecule has 4 aromatic rings. The number of thiazole rings is 1. The van der Waals surface area contributed by atoms with Crippen molar-refractivity contribution in [2.75, 3.05) is 12.0 Å². The Balaban J connectivity index is 1.73. The van der Waals surface area contributed by atoms with Crippen molar-refractivity contribution in [3.8, 4) is 5.75 Å². The van der Waals surface area contributed by atoms with Gasteiger partial charge in [0.1, 0.15) is 11.5 Å². The van der Waals surface area contributed by atoms with E-state index in [-0.39, 0.29) is 27.6 Å². The lowest BCUT2D eigenvalue weighted by Crippen LogP contribution is -2.29. The molecule has 5 rings (SSSR count). The van der Waals surface area contributed by atoms with E-state index in [9.17, 15) is 24.6 Å². The van der Waals surface area contributed by atoms with Gasteiger partial charge in [-0.15, -0.1) is 0 Å². The van der Waals surface area contributed by atoms with E-state index in [4.69, 9.17) is 4.74 Å². The van der Waals surface area contributed by atoms with Gasteiger partial charge in [0, 0.05) is 12.4 Å². The molecule has 0 aliphatic carbocycles. The number of amides is 1. The number of aliphatic hydroxyl groups excluding tert-OH is 1. The number of carbonyl (C=O) groups excluding carboxylic acids is 2. The molecule has 0 bridgehead atoms. The fourth-order valence-electron chi connectivity index (χ4n) is 4.18. The summed E-state index contributed by atoms with van der Waals surface area (Å²) >= 11 is 1.08. The van der Waals surface area contributed by atoms with Gasteiger partial charge in [-0.1, -0.05) is 29.0 Å². The van der Waals surface area contributed by atoms with Gasteiger partial charge in [-0.3, -0.25) is 19.5 Å². The minimum atomic E-state index is -1.09. The monoisotopic (exact) mass is 501 g/mol. The third-order valence-corrected chi connectivity index (χ3v) is 6.90. The number of aromatic carboxylic acids is 1. The molecule has 1 unspecified atom stereocenters. The zero-order valence-electron chi connectivity index (χ0n) is 19.1. The number of ether oxygens (including phenoxy) is 1. The molecule has 1 amide bonds. The first kappa shape index (κ1) is 23.2. The zero-order valence-corrected chi connectivity index (χ0v) is 19.9. The molecule has 0 saturated carbocycles. The number of benzene rings is 2. The number of hydrogen-bond donors (Lipinski definition) is 2. The predicted octanol–water partition coefficient (Wildman–Crippen LogP) is 4.33. The first-order chi connectivity index (χ1) is 17.3. The maximum atomic E-state index is 13.4. The second kappa shape index (κ2) is 8.90. The minimum Gasteiger partial charge on any atom is -0.507 e. The molecule has 2 aromatic heterocycles. The molecular formula is C26H19N3O6S. The van der Waals surface area contributed by atoms with Gasteiger partial charge >= 0.3 is 11.9 Å². The van der Waals surface area contributed by atoms with E-state index in [1.807, 2.05) is 6.92 Å². The van der Waals surface area contributed by atoms with Gasteiger partial charge in [-0.25, -0.2) is 9.78 Å². The lowest BCUT2D eigenvalue weighted by Gasteiger charge is -2.22. The Morgan fingerprint density at radius 2 is 1.92 bits per heavy atom. The van der Waals surface area contributed by atoms with Crippen LogP contribution >= 0.6 is 11.3 Å². The molecular weight excluding hydrogens is 482 g/mol. The van der Waals surface area contributed by atoms with Crippen LogP contribution in [0.25, 0.3) is 16.0 Å². The quantitative estimate of drug-likeness (QED) is 0.235. The molecule has 1 fully saturated rings. The number of ketones is 1. The topological polar surface area (TPSA) is 130 Å². The molecule has 10 heteroatoms. The van der Waals surface area contributed by atoms with Gasteiger partial charge in [0.15, 0.2) is 5.13 Å². The van der Waals surface area contributed by atoms with E-state index >= 15 is 0 Å². The highest BCUT2D eigenvalue weighted by molar-refractivity contribution is 7.22. The first-order valence-corrected chi connectivity index (χ1v) is 11.6. The van der Waals surface area contributed by atoms with E-state index in [1.165, 1.54) is 30.3 Å². The van der Waals surface area contributed by atoms with Crippen LogP contribution < -0.4 is 9.64 Å². The standard InChI is InChI=1S/C26H19N3O6S/c1-13-5-8-18(35-2)16(10-13)22(30)20-21(15-4-3-9-27-12-15)29(24(32)23(20)31)26-28-17-7-6-14(25(33)34)11-19(17)36-26/h3-12,21,30H,1-2H3,(H,33,34)/b22-20+. The number of aliphatic hydroxyl groups is 1. The lowest BCUT2D eigenvalue weighted by atomic mass is 9.95. The minimum absolute atomic E-state index is 0.0788. The third-order valence-electron chi connectivity index (χ3n) is 5.88. The van der Waals surface area contributed by atoms with Crippen LogP contribution in [0.4, 0.5) is 5.13 Å².